The third kappa shape index (κ3) is 3.18. The van der Waals surface area contributed by atoms with Gasteiger partial charge in [-0.15, -0.1) is 15.7 Å². The van der Waals surface area contributed by atoms with E-state index >= 15 is 0 Å². The van der Waals surface area contributed by atoms with E-state index in [4.69, 9.17) is 0 Å². The van der Waals surface area contributed by atoms with Gasteiger partial charge >= 0.3 is 6.03 Å². The fourth-order valence-corrected chi connectivity index (χ4v) is 3.57. The molecular weight excluding hydrogens is 268 g/mol. The highest BCUT2D eigenvalue weighted by molar-refractivity contribution is 7.95. The van der Waals surface area contributed by atoms with E-state index in [1.165, 1.54) is 17.6 Å². The number of amides is 2. The number of thiophene rings is 1. The van der Waals surface area contributed by atoms with E-state index < -0.39 is 15.8 Å². The standard InChI is InChI=1S/C12H12N2O2S2/c1-18(16,11-8-5-9-17-11)14-12(15)13-10-6-3-2-4-7-10/h2-9H,1H3,(H,13,15)/t18-/m1/s1. The predicted molar refractivity (Wildman–Crippen MR) is 74.5 cm³/mol. The van der Waals surface area contributed by atoms with Crippen LogP contribution in [0.1, 0.15) is 0 Å². The van der Waals surface area contributed by atoms with Gasteiger partial charge in [0.25, 0.3) is 0 Å². The second kappa shape index (κ2) is 5.32. The van der Waals surface area contributed by atoms with Crippen LogP contribution in [0.4, 0.5) is 10.5 Å². The molecule has 94 valence electrons. The molecule has 0 bridgehead atoms. The number of nitrogens with one attached hydrogen (secondary N) is 1. The topological polar surface area (TPSA) is 58.5 Å². The number of urea groups is 1. The third-order valence-electron chi connectivity index (χ3n) is 2.15. The van der Waals surface area contributed by atoms with Crippen LogP contribution in [0.15, 0.2) is 56.4 Å². The Bertz CT molecular complexity index is 642. The SMILES string of the molecule is C[S@](=O)(=NC(=O)Nc1ccccc1)c1cccs1. The number of para-hydroxylation sites is 1. The number of rotatable bonds is 2. The fourth-order valence-electron chi connectivity index (χ4n) is 1.35. The molecule has 1 heterocycles. The Morgan fingerprint density at radius 2 is 1.94 bits per heavy atom. The van der Waals surface area contributed by atoms with Gasteiger partial charge in [0.2, 0.25) is 0 Å². The second-order valence-corrected chi connectivity index (χ2v) is 7.06. The molecule has 6 heteroatoms. The van der Waals surface area contributed by atoms with Crippen LogP contribution in [0.5, 0.6) is 0 Å². The molecule has 0 radical (unpaired) electrons. The zero-order chi connectivity index (χ0) is 13.0. The maximum absolute atomic E-state index is 12.2. The molecular formula is C12H12N2O2S2. The summed E-state index contributed by atoms with van der Waals surface area (Å²) >= 11 is 1.33. The molecule has 1 aromatic heterocycles. The molecule has 4 nitrogen and oxygen atoms in total. The van der Waals surface area contributed by atoms with Crippen LogP contribution >= 0.6 is 11.3 Å². The van der Waals surface area contributed by atoms with Crippen LogP contribution in [-0.4, -0.2) is 16.5 Å². The molecule has 0 saturated carbocycles. The van der Waals surface area contributed by atoms with Crippen molar-refractivity contribution in [2.75, 3.05) is 11.6 Å². The monoisotopic (exact) mass is 280 g/mol. The largest absolute Gasteiger partial charge is 0.353 e. The van der Waals surface area contributed by atoms with Crippen LogP contribution in [0.3, 0.4) is 0 Å². The van der Waals surface area contributed by atoms with Crippen molar-refractivity contribution < 1.29 is 9.00 Å². The van der Waals surface area contributed by atoms with E-state index in [0.29, 0.717) is 9.90 Å². The minimum Gasteiger partial charge on any atom is -0.306 e. The zero-order valence-corrected chi connectivity index (χ0v) is 11.3. The van der Waals surface area contributed by atoms with Crippen LogP contribution in [0.2, 0.25) is 0 Å². The first-order valence-electron chi connectivity index (χ1n) is 5.20. The lowest BCUT2D eigenvalue weighted by Gasteiger charge is -2.03. The van der Waals surface area contributed by atoms with Crippen molar-refractivity contribution in [2.45, 2.75) is 4.21 Å². The Kier molecular flexibility index (Phi) is 3.78. The lowest BCUT2D eigenvalue weighted by atomic mass is 10.3. The molecule has 1 atom stereocenters. The van der Waals surface area contributed by atoms with Crippen molar-refractivity contribution in [1.82, 2.24) is 0 Å². The smallest absolute Gasteiger partial charge is 0.306 e. The molecule has 0 aliphatic carbocycles. The van der Waals surface area contributed by atoms with Crippen LogP contribution in [0, 0.1) is 0 Å². The van der Waals surface area contributed by atoms with E-state index in [1.807, 2.05) is 11.4 Å². The molecule has 2 aromatic rings. The van der Waals surface area contributed by atoms with Crippen molar-refractivity contribution in [1.29, 1.82) is 0 Å². The van der Waals surface area contributed by atoms with Crippen molar-refractivity contribution in [3.63, 3.8) is 0 Å². The van der Waals surface area contributed by atoms with Gasteiger partial charge in [-0.2, -0.15) is 0 Å². The van der Waals surface area contributed by atoms with Crippen molar-refractivity contribution >= 4 is 32.8 Å². The van der Waals surface area contributed by atoms with E-state index in [9.17, 15) is 9.00 Å². The highest BCUT2D eigenvalue weighted by atomic mass is 32.2. The van der Waals surface area contributed by atoms with E-state index in [-0.39, 0.29) is 0 Å². The minimum atomic E-state index is -2.65. The molecule has 0 fully saturated rings. The maximum atomic E-state index is 12.2. The quantitative estimate of drug-likeness (QED) is 0.916. The number of nitrogens with zero attached hydrogens (tertiary/aromatic N) is 1. The van der Waals surface area contributed by atoms with Crippen molar-refractivity contribution in [3.8, 4) is 0 Å². The van der Waals surface area contributed by atoms with Gasteiger partial charge in [-0.1, -0.05) is 24.3 Å². The van der Waals surface area contributed by atoms with Crippen molar-refractivity contribution in [2.24, 2.45) is 4.36 Å². The van der Waals surface area contributed by atoms with Gasteiger partial charge in [0.1, 0.15) is 0 Å². The maximum Gasteiger partial charge on any atom is 0.353 e. The highest BCUT2D eigenvalue weighted by Crippen LogP contribution is 2.18. The van der Waals surface area contributed by atoms with E-state index in [0.717, 1.165) is 0 Å². The number of carbonyl (C=O) groups is 1. The third-order valence-corrected chi connectivity index (χ3v) is 5.43. The lowest BCUT2D eigenvalue weighted by molar-refractivity contribution is 0.260. The highest BCUT2D eigenvalue weighted by Gasteiger charge is 2.10. The van der Waals surface area contributed by atoms with E-state index in [1.54, 1.807) is 36.4 Å². The molecule has 0 aliphatic rings. The number of carbonyl (C=O) groups excluding carboxylic acids is 1. The Morgan fingerprint density at radius 3 is 2.56 bits per heavy atom. The van der Waals surface area contributed by atoms with Crippen LogP contribution in [0.25, 0.3) is 0 Å². The average molecular weight is 280 g/mol. The van der Waals surface area contributed by atoms with Gasteiger partial charge in [-0.25, -0.2) is 9.00 Å². The molecule has 2 amide bonds. The number of anilines is 1. The minimum absolute atomic E-state index is 0.595. The Labute approximate surface area is 110 Å². The second-order valence-electron chi connectivity index (χ2n) is 3.62. The normalized spacial score (nSPS) is 13.6. The molecule has 1 N–H and O–H groups in total. The van der Waals surface area contributed by atoms with Gasteiger partial charge in [0, 0.05) is 11.9 Å². The molecule has 2 rings (SSSR count). The summed E-state index contributed by atoms with van der Waals surface area (Å²) in [6, 6.07) is 11.9. The Hall–Kier alpha value is -1.66. The first kappa shape index (κ1) is 12.8. The van der Waals surface area contributed by atoms with Gasteiger partial charge < -0.3 is 5.32 Å². The first-order valence-corrected chi connectivity index (χ1v) is 8.00. The lowest BCUT2D eigenvalue weighted by Crippen LogP contribution is -2.09. The molecule has 1 aromatic carbocycles. The van der Waals surface area contributed by atoms with Gasteiger partial charge in [0.05, 0.1) is 13.9 Å². The number of hydrogen-bond acceptors (Lipinski definition) is 3. The van der Waals surface area contributed by atoms with Gasteiger partial charge in [-0.3, -0.25) is 0 Å². The summed E-state index contributed by atoms with van der Waals surface area (Å²) in [5.41, 5.74) is 0.632. The van der Waals surface area contributed by atoms with Gasteiger partial charge in [-0.05, 0) is 23.6 Å². The summed E-state index contributed by atoms with van der Waals surface area (Å²) < 4.78 is 16.6. The number of benzene rings is 1. The summed E-state index contributed by atoms with van der Waals surface area (Å²) in [5.74, 6) is 0. The molecule has 0 aliphatic heterocycles. The van der Waals surface area contributed by atoms with Gasteiger partial charge in [0.15, 0.2) is 0 Å². The molecule has 18 heavy (non-hydrogen) atoms. The van der Waals surface area contributed by atoms with E-state index in [2.05, 4.69) is 9.68 Å². The fraction of sp³-hybridized carbons (Fsp3) is 0.0833. The van der Waals surface area contributed by atoms with Crippen molar-refractivity contribution in [3.05, 3.63) is 47.8 Å². The Morgan fingerprint density at radius 1 is 1.22 bits per heavy atom. The average Bonchev–Trinajstić information content (AvgIpc) is 2.83. The molecule has 0 saturated heterocycles. The summed E-state index contributed by atoms with van der Waals surface area (Å²) in [4.78, 5) is 11.7. The molecule has 0 unspecified atom stereocenters. The van der Waals surface area contributed by atoms with Crippen LogP contribution in [-0.2, 0) is 9.73 Å². The summed E-state index contributed by atoms with van der Waals surface area (Å²) in [6.07, 6.45) is 1.46. The Balaban J connectivity index is 2.19. The number of hydrogen-bond donors (Lipinski definition) is 1. The van der Waals surface area contributed by atoms with Crippen LogP contribution < -0.4 is 5.32 Å². The predicted octanol–water partition coefficient (Wildman–Crippen LogP) is 3.44. The molecule has 0 spiro atoms. The summed E-state index contributed by atoms with van der Waals surface area (Å²) in [5, 5.41) is 4.39. The first-order chi connectivity index (χ1) is 8.58. The zero-order valence-electron chi connectivity index (χ0n) is 9.70. The summed E-state index contributed by atoms with van der Waals surface area (Å²) in [7, 11) is -2.65. The summed E-state index contributed by atoms with van der Waals surface area (Å²) in [6.45, 7) is 0.